The summed E-state index contributed by atoms with van der Waals surface area (Å²) in [5.41, 5.74) is 1.41. The topological polar surface area (TPSA) is 0 Å². The van der Waals surface area contributed by atoms with Crippen LogP contribution in [0.5, 0.6) is 0 Å². The second kappa shape index (κ2) is 6.80. The van der Waals surface area contributed by atoms with Gasteiger partial charge < -0.3 is 0 Å². The van der Waals surface area contributed by atoms with Crippen LogP contribution in [0.25, 0.3) is 0 Å². The summed E-state index contributed by atoms with van der Waals surface area (Å²) in [5, 5.41) is 1.95. The van der Waals surface area contributed by atoms with Gasteiger partial charge in [0.05, 0.1) is 0 Å². The summed E-state index contributed by atoms with van der Waals surface area (Å²) in [4.78, 5) is 0. The van der Waals surface area contributed by atoms with Crippen molar-refractivity contribution in [3.05, 3.63) is 34.9 Å². The summed E-state index contributed by atoms with van der Waals surface area (Å²) in [6, 6.07) is 8.31. The molecule has 0 amide bonds. The third kappa shape index (κ3) is 4.30. The summed E-state index contributed by atoms with van der Waals surface area (Å²) in [6.45, 7) is 0. The van der Waals surface area contributed by atoms with Gasteiger partial charge >= 0.3 is 0 Å². The largest absolute Gasteiger partial charge is 0.0925 e. The average Bonchev–Trinajstić information content (AvgIpc) is 2.84. The highest BCUT2D eigenvalue weighted by atomic mass is 79.9. The van der Waals surface area contributed by atoms with Gasteiger partial charge in [-0.1, -0.05) is 65.3 Å². The van der Waals surface area contributed by atoms with Crippen LogP contribution in [0, 0.1) is 11.8 Å². The Balaban J connectivity index is 1.87. The fourth-order valence-electron chi connectivity index (χ4n) is 2.87. The van der Waals surface area contributed by atoms with Gasteiger partial charge in [-0.15, -0.1) is 0 Å². The maximum atomic E-state index is 5.91. The Morgan fingerprint density at radius 1 is 1.18 bits per heavy atom. The molecule has 2 heteroatoms. The van der Waals surface area contributed by atoms with E-state index < -0.39 is 0 Å². The molecule has 1 unspecified atom stereocenters. The molecule has 1 aliphatic carbocycles. The molecule has 94 valence electrons. The lowest BCUT2D eigenvalue weighted by molar-refractivity contribution is 0.402. The van der Waals surface area contributed by atoms with Gasteiger partial charge in [0.15, 0.2) is 0 Å². The van der Waals surface area contributed by atoms with E-state index in [2.05, 4.69) is 28.1 Å². The maximum Gasteiger partial charge on any atom is 0.0406 e. The Morgan fingerprint density at radius 2 is 1.82 bits per heavy atom. The van der Waals surface area contributed by atoms with Gasteiger partial charge in [0, 0.05) is 10.4 Å². The highest BCUT2D eigenvalue weighted by molar-refractivity contribution is 9.09. The van der Waals surface area contributed by atoms with E-state index in [9.17, 15) is 0 Å². The molecule has 17 heavy (non-hydrogen) atoms. The maximum absolute atomic E-state index is 5.91. The first kappa shape index (κ1) is 13.4. The molecule has 0 spiro atoms. The average molecular weight is 316 g/mol. The molecule has 0 heterocycles. The van der Waals surface area contributed by atoms with Crippen LogP contribution in [0.15, 0.2) is 24.3 Å². The molecule has 1 aliphatic rings. The molecule has 0 nitrogen and oxygen atoms in total. The van der Waals surface area contributed by atoms with Crippen LogP contribution in [0.2, 0.25) is 5.02 Å². The van der Waals surface area contributed by atoms with E-state index in [1.54, 1.807) is 0 Å². The molecule has 1 atom stereocenters. The van der Waals surface area contributed by atoms with Crippen molar-refractivity contribution in [3.63, 3.8) is 0 Å². The number of hydrogen-bond donors (Lipinski definition) is 0. The second-order valence-electron chi connectivity index (χ2n) is 5.24. The van der Waals surface area contributed by atoms with Crippen LogP contribution in [0.3, 0.4) is 0 Å². The van der Waals surface area contributed by atoms with Crippen molar-refractivity contribution in [1.82, 2.24) is 0 Å². The molecule has 0 aliphatic heterocycles. The monoisotopic (exact) mass is 314 g/mol. The SMILES string of the molecule is Clc1ccc(CC(CBr)CC2CCCC2)cc1. The van der Waals surface area contributed by atoms with Crippen LogP contribution < -0.4 is 0 Å². The Labute approximate surface area is 118 Å². The standard InChI is InChI=1S/C15H20BrCl/c16-11-14(9-12-3-1-2-4-12)10-13-5-7-15(17)8-6-13/h5-8,12,14H,1-4,9-11H2. The molecule has 0 radical (unpaired) electrons. The van der Waals surface area contributed by atoms with Crippen molar-refractivity contribution in [3.8, 4) is 0 Å². The highest BCUT2D eigenvalue weighted by Crippen LogP contribution is 2.32. The zero-order chi connectivity index (χ0) is 12.1. The first-order valence-corrected chi connectivity index (χ1v) is 8.08. The summed E-state index contributed by atoms with van der Waals surface area (Å²) in [6.07, 6.45) is 8.35. The number of alkyl halides is 1. The van der Waals surface area contributed by atoms with Crippen molar-refractivity contribution in [2.24, 2.45) is 11.8 Å². The van der Waals surface area contributed by atoms with Gasteiger partial charge in [-0.2, -0.15) is 0 Å². The van der Waals surface area contributed by atoms with E-state index in [4.69, 9.17) is 11.6 Å². The van der Waals surface area contributed by atoms with Gasteiger partial charge in [0.2, 0.25) is 0 Å². The summed E-state index contributed by atoms with van der Waals surface area (Å²) < 4.78 is 0. The van der Waals surface area contributed by atoms with Crippen LogP contribution in [0.1, 0.15) is 37.7 Å². The molecule has 0 N–H and O–H groups in total. The molecule has 1 saturated carbocycles. The molecular weight excluding hydrogens is 296 g/mol. The smallest absolute Gasteiger partial charge is 0.0406 e. The lowest BCUT2D eigenvalue weighted by atomic mass is 9.90. The normalized spacial score (nSPS) is 18.5. The van der Waals surface area contributed by atoms with Crippen molar-refractivity contribution in [2.75, 3.05) is 5.33 Å². The number of hydrogen-bond acceptors (Lipinski definition) is 0. The Morgan fingerprint density at radius 3 is 2.41 bits per heavy atom. The zero-order valence-electron chi connectivity index (χ0n) is 10.2. The minimum atomic E-state index is 0.777. The van der Waals surface area contributed by atoms with Crippen molar-refractivity contribution >= 4 is 27.5 Å². The molecule has 1 fully saturated rings. The predicted molar refractivity (Wildman–Crippen MR) is 79.0 cm³/mol. The summed E-state index contributed by atoms with van der Waals surface area (Å²) >= 11 is 9.58. The molecule has 0 bridgehead atoms. The van der Waals surface area contributed by atoms with E-state index in [-0.39, 0.29) is 0 Å². The van der Waals surface area contributed by atoms with Crippen molar-refractivity contribution in [1.29, 1.82) is 0 Å². The van der Waals surface area contributed by atoms with E-state index in [1.165, 1.54) is 44.1 Å². The van der Waals surface area contributed by atoms with Crippen molar-refractivity contribution in [2.45, 2.75) is 38.5 Å². The Hall–Kier alpha value is -0.0100. The first-order valence-electron chi connectivity index (χ1n) is 6.58. The summed E-state index contributed by atoms with van der Waals surface area (Å²) in [5.74, 6) is 1.75. The van der Waals surface area contributed by atoms with Crippen molar-refractivity contribution < 1.29 is 0 Å². The van der Waals surface area contributed by atoms with Crippen LogP contribution in [-0.2, 0) is 6.42 Å². The number of benzene rings is 1. The molecule has 0 aromatic heterocycles. The summed E-state index contributed by atoms with van der Waals surface area (Å²) in [7, 11) is 0. The number of rotatable bonds is 5. The Bertz CT molecular complexity index is 327. The Kier molecular flexibility index (Phi) is 5.37. The third-order valence-electron chi connectivity index (χ3n) is 3.80. The lowest BCUT2D eigenvalue weighted by Gasteiger charge is -2.18. The van der Waals surface area contributed by atoms with E-state index in [0.29, 0.717) is 0 Å². The molecule has 0 saturated heterocycles. The molecule has 1 aromatic carbocycles. The molecule has 1 aromatic rings. The van der Waals surface area contributed by atoms with Crippen LogP contribution in [-0.4, -0.2) is 5.33 Å². The predicted octanol–water partition coefficient (Wildman–Crippen LogP) is 5.47. The van der Waals surface area contributed by atoms with E-state index >= 15 is 0 Å². The lowest BCUT2D eigenvalue weighted by Crippen LogP contribution is -2.11. The minimum Gasteiger partial charge on any atom is -0.0925 e. The minimum absolute atomic E-state index is 0.777. The molecular formula is C15H20BrCl. The fourth-order valence-corrected chi connectivity index (χ4v) is 3.49. The van der Waals surface area contributed by atoms with Gasteiger partial charge in [0.1, 0.15) is 0 Å². The van der Waals surface area contributed by atoms with Crippen LogP contribution >= 0.6 is 27.5 Å². The first-order chi connectivity index (χ1) is 8.28. The van der Waals surface area contributed by atoms with Crippen LogP contribution in [0.4, 0.5) is 0 Å². The van der Waals surface area contributed by atoms with Gasteiger partial charge in [-0.05, 0) is 42.4 Å². The quantitative estimate of drug-likeness (QED) is 0.632. The molecule has 2 rings (SSSR count). The van der Waals surface area contributed by atoms with E-state index in [0.717, 1.165) is 22.2 Å². The fraction of sp³-hybridized carbons (Fsp3) is 0.600. The third-order valence-corrected chi connectivity index (χ3v) is 4.96. The highest BCUT2D eigenvalue weighted by Gasteiger charge is 2.19. The van der Waals surface area contributed by atoms with Gasteiger partial charge in [-0.3, -0.25) is 0 Å². The van der Waals surface area contributed by atoms with E-state index in [1.807, 2.05) is 12.1 Å². The zero-order valence-corrected chi connectivity index (χ0v) is 12.5. The number of halogens is 2. The second-order valence-corrected chi connectivity index (χ2v) is 6.32. The van der Waals surface area contributed by atoms with Gasteiger partial charge in [-0.25, -0.2) is 0 Å². The van der Waals surface area contributed by atoms with Gasteiger partial charge in [0.25, 0.3) is 0 Å².